The highest BCUT2D eigenvalue weighted by atomic mass is 32.1. The molecule has 2 aromatic carbocycles. The van der Waals surface area contributed by atoms with E-state index in [0.29, 0.717) is 17.7 Å². The number of hydrogen-bond donors (Lipinski definition) is 1. The first-order valence-corrected chi connectivity index (χ1v) is 6.52. The third-order valence-corrected chi connectivity index (χ3v) is 3.56. The van der Waals surface area contributed by atoms with Crippen LogP contribution in [-0.2, 0) is 6.42 Å². The first-order chi connectivity index (χ1) is 9.13. The number of Topliss-reactive ketones (excluding diaryl/α,β-unsaturated/α-hetero) is 1. The molecule has 2 nitrogen and oxygen atoms in total. The van der Waals surface area contributed by atoms with Gasteiger partial charge >= 0.3 is 0 Å². The molecule has 0 heterocycles. The van der Waals surface area contributed by atoms with Gasteiger partial charge in [0.2, 0.25) is 0 Å². The van der Waals surface area contributed by atoms with E-state index in [1.165, 1.54) is 0 Å². The summed E-state index contributed by atoms with van der Waals surface area (Å²) < 4.78 is 5.27. The Bertz CT molecular complexity index is 591. The zero-order valence-electron chi connectivity index (χ0n) is 11.0. The monoisotopic (exact) mass is 272 g/mol. The largest absolute Gasteiger partial charge is 0.496 e. The van der Waals surface area contributed by atoms with E-state index in [1.807, 2.05) is 30.3 Å². The van der Waals surface area contributed by atoms with Crippen LogP contribution in [0.3, 0.4) is 0 Å². The highest BCUT2D eigenvalue weighted by Crippen LogP contribution is 2.31. The van der Waals surface area contributed by atoms with Gasteiger partial charge in [-0.25, -0.2) is 0 Å². The Morgan fingerprint density at radius 1 is 1.16 bits per heavy atom. The molecule has 0 unspecified atom stereocenters. The third kappa shape index (κ3) is 2.99. The Balaban J connectivity index is 2.50. The maximum absolute atomic E-state index is 11.7. The van der Waals surface area contributed by atoms with E-state index < -0.39 is 0 Å². The van der Waals surface area contributed by atoms with Gasteiger partial charge in [-0.1, -0.05) is 30.3 Å². The van der Waals surface area contributed by atoms with Gasteiger partial charge in [-0.05, 0) is 36.6 Å². The highest BCUT2D eigenvalue weighted by molar-refractivity contribution is 7.80. The molecule has 0 saturated carbocycles. The van der Waals surface area contributed by atoms with E-state index in [4.69, 9.17) is 4.74 Å². The van der Waals surface area contributed by atoms with Gasteiger partial charge in [-0.15, -0.1) is 12.6 Å². The van der Waals surface area contributed by atoms with Crippen LogP contribution in [0.2, 0.25) is 0 Å². The van der Waals surface area contributed by atoms with E-state index in [0.717, 1.165) is 16.0 Å². The smallest absolute Gasteiger partial charge is 0.160 e. The summed E-state index contributed by atoms with van der Waals surface area (Å²) in [5.74, 6) is 0.739. The van der Waals surface area contributed by atoms with E-state index in [-0.39, 0.29) is 5.78 Å². The molecule has 0 radical (unpaired) electrons. The van der Waals surface area contributed by atoms with Crippen molar-refractivity contribution in [3.63, 3.8) is 0 Å². The minimum Gasteiger partial charge on any atom is -0.496 e. The molecule has 0 aliphatic carbocycles. The van der Waals surface area contributed by atoms with Gasteiger partial charge < -0.3 is 4.74 Å². The Kier molecular flexibility index (Phi) is 4.27. The second-order valence-corrected chi connectivity index (χ2v) is 4.81. The maximum Gasteiger partial charge on any atom is 0.160 e. The van der Waals surface area contributed by atoms with E-state index in [1.54, 1.807) is 26.2 Å². The van der Waals surface area contributed by atoms with Crippen LogP contribution in [-0.4, -0.2) is 12.9 Å². The van der Waals surface area contributed by atoms with E-state index >= 15 is 0 Å². The first-order valence-electron chi connectivity index (χ1n) is 6.07. The highest BCUT2D eigenvalue weighted by Gasteiger charge is 2.14. The molecular formula is C16H16O2S. The first kappa shape index (κ1) is 13.7. The summed E-state index contributed by atoms with van der Waals surface area (Å²) in [5, 5.41) is 0. The van der Waals surface area contributed by atoms with Crippen LogP contribution in [0.5, 0.6) is 5.75 Å². The topological polar surface area (TPSA) is 26.3 Å². The van der Waals surface area contributed by atoms with Crippen LogP contribution in [0.1, 0.15) is 28.4 Å². The van der Waals surface area contributed by atoms with Crippen molar-refractivity contribution in [3.8, 4) is 5.75 Å². The molecule has 2 aromatic rings. The number of hydrogen-bond acceptors (Lipinski definition) is 3. The molecule has 3 heteroatoms. The lowest BCUT2D eigenvalue weighted by atomic mass is 9.97. The second kappa shape index (κ2) is 5.93. The predicted molar refractivity (Wildman–Crippen MR) is 79.5 cm³/mol. The fourth-order valence-corrected chi connectivity index (χ4v) is 2.45. The van der Waals surface area contributed by atoms with Gasteiger partial charge in [0.15, 0.2) is 5.78 Å². The summed E-state index contributed by atoms with van der Waals surface area (Å²) in [6, 6.07) is 13.6. The Labute approximate surface area is 118 Å². The standard InChI is InChI=1S/C16H16O2S/c1-11(17)13-8-9-15(18-2)16(19)14(13)10-12-6-4-3-5-7-12/h3-9,19H,10H2,1-2H3. The molecule has 0 aromatic heterocycles. The summed E-state index contributed by atoms with van der Waals surface area (Å²) in [6.07, 6.45) is 0.672. The van der Waals surface area contributed by atoms with Crippen molar-refractivity contribution in [2.24, 2.45) is 0 Å². The molecule has 0 fully saturated rings. The molecule has 0 N–H and O–H groups in total. The van der Waals surface area contributed by atoms with Crippen molar-refractivity contribution in [3.05, 3.63) is 59.2 Å². The molecule has 19 heavy (non-hydrogen) atoms. The van der Waals surface area contributed by atoms with Gasteiger partial charge in [0.25, 0.3) is 0 Å². The number of ketones is 1. The number of ether oxygens (including phenoxy) is 1. The molecule has 0 aliphatic heterocycles. The summed E-state index contributed by atoms with van der Waals surface area (Å²) in [7, 11) is 1.61. The number of methoxy groups -OCH3 is 1. The Hall–Kier alpha value is -1.74. The van der Waals surface area contributed by atoms with Crippen molar-refractivity contribution < 1.29 is 9.53 Å². The van der Waals surface area contributed by atoms with Gasteiger partial charge in [0.1, 0.15) is 5.75 Å². The fourth-order valence-electron chi connectivity index (χ4n) is 2.09. The van der Waals surface area contributed by atoms with Crippen molar-refractivity contribution in [1.29, 1.82) is 0 Å². The predicted octanol–water partition coefficient (Wildman–Crippen LogP) is 3.78. The van der Waals surface area contributed by atoms with Crippen molar-refractivity contribution in [1.82, 2.24) is 0 Å². The maximum atomic E-state index is 11.7. The van der Waals surface area contributed by atoms with Crippen LogP contribution in [0.4, 0.5) is 0 Å². The minimum atomic E-state index is 0.0453. The number of benzene rings is 2. The lowest BCUT2D eigenvalue weighted by Crippen LogP contribution is -2.03. The lowest BCUT2D eigenvalue weighted by molar-refractivity contribution is 0.101. The molecule has 0 aliphatic rings. The minimum absolute atomic E-state index is 0.0453. The lowest BCUT2D eigenvalue weighted by Gasteiger charge is -2.13. The van der Waals surface area contributed by atoms with Crippen molar-refractivity contribution in [2.75, 3.05) is 7.11 Å². The average molecular weight is 272 g/mol. The second-order valence-electron chi connectivity index (χ2n) is 4.36. The molecule has 2 rings (SSSR count). The van der Waals surface area contributed by atoms with Crippen LogP contribution in [0.15, 0.2) is 47.4 Å². The molecule has 0 spiro atoms. The Morgan fingerprint density at radius 2 is 1.84 bits per heavy atom. The zero-order valence-corrected chi connectivity index (χ0v) is 11.9. The van der Waals surface area contributed by atoms with Crippen LogP contribution < -0.4 is 4.74 Å². The van der Waals surface area contributed by atoms with E-state index in [9.17, 15) is 4.79 Å². The molecule has 0 bridgehead atoms. The van der Waals surface area contributed by atoms with Crippen LogP contribution in [0, 0.1) is 0 Å². The molecule has 98 valence electrons. The Morgan fingerprint density at radius 3 is 2.42 bits per heavy atom. The van der Waals surface area contributed by atoms with Crippen LogP contribution in [0.25, 0.3) is 0 Å². The third-order valence-electron chi connectivity index (χ3n) is 3.07. The normalized spacial score (nSPS) is 10.3. The van der Waals surface area contributed by atoms with Gasteiger partial charge in [-0.2, -0.15) is 0 Å². The molecular weight excluding hydrogens is 256 g/mol. The summed E-state index contributed by atoms with van der Waals surface area (Å²) in [4.78, 5) is 12.5. The quantitative estimate of drug-likeness (QED) is 0.677. The van der Waals surface area contributed by atoms with Gasteiger partial charge in [-0.3, -0.25) is 4.79 Å². The SMILES string of the molecule is COc1ccc(C(C)=O)c(Cc2ccccc2)c1S. The van der Waals surface area contributed by atoms with E-state index in [2.05, 4.69) is 12.6 Å². The summed E-state index contributed by atoms with van der Waals surface area (Å²) in [5.41, 5.74) is 2.77. The summed E-state index contributed by atoms with van der Waals surface area (Å²) in [6.45, 7) is 1.57. The zero-order chi connectivity index (χ0) is 13.8. The fraction of sp³-hybridized carbons (Fsp3) is 0.188. The molecule has 0 amide bonds. The molecule has 0 saturated heterocycles. The number of rotatable bonds is 4. The molecule has 0 atom stereocenters. The van der Waals surface area contributed by atoms with Crippen molar-refractivity contribution in [2.45, 2.75) is 18.2 Å². The van der Waals surface area contributed by atoms with Crippen LogP contribution >= 0.6 is 12.6 Å². The average Bonchev–Trinajstić information content (AvgIpc) is 2.42. The summed E-state index contributed by atoms with van der Waals surface area (Å²) >= 11 is 4.51. The number of carbonyl (C=O) groups is 1. The van der Waals surface area contributed by atoms with Crippen molar-refractivity contribution >= 4 is 18.4 Å². The number of carbonyl (C=O) groups excluding carboxylic acids is 1. The van der Waals surface area contributed by atoms with Gasteiger partial charge in [0.05, 0.1) is 12.0 Å². The van der Waals surface area contributed by atoms with Gasteiger partial charge in [0, 0.05) is 5.56 Å². The number of thiol groups is 1.